The minimum absolute atomic E-state index is 0.891. The molecule has 0 radical (unpaired) electrons. The van der Waals surface area contributed by atoms with E-state index in [2.05, 4.69) is 0 Å². The van der Waals surface area contributed by atoms with Gasteiger partial charge in [-0.2, -0.15) is 0 Å². The van der Waals surface area contributed by atoms with E-state index in [-0.39, 0.29) is 0 Å². The maximum Gasteiger partial charge on any atom is 0.466 e. The van der Waals surface area contributed by atoms with Gasteiger partial charge in [-0.15, -0.1) is 0 Å². The van der Waals surface area contributed by atoms with E-state index in [4.69, 9.17) is 25.0 Å². The molecule has 0 rings (SSSR count). The minimum Gasteiger partial charge on any atom is -0.303 e. The summed E-state index contributed by atoms with van der Waals surface area (Å²) < 4.78 is 10.3. The van der Waals surface area contributed by atoms with Crippen molar-refractivity contribution >= 4 is 56.8 Å². The van der Waals surface area contributed by atoms with Crippen LogP contribution in [0.15, 0.2) is 0 Å². The molecule has 0 aliphatic heterocycles. The first-order chi connectivity index (χ1) is 4.41. The van der Waals surface area contributed by atoms with E-state index in [0.717, 1.165) is 55.5 Å². The second-order valence-electron chi connectivity index (χ2n) is 1.66. The summed E-state index contributed by atoms with van der Waals surface area (Å²) in [6, 6.07) is 0. The molecule has 58 valence electrons. The standard InChI is InChI=1S/C3H8N.K.H3O4P/c1-2-3-4;;1-5(2,3)4/h1-4H2;;(H3,1,2,3,4). The number of nitrogens with two attached hydrogens (primary N) is 1. The van der Waals surface area contributed by atoms with Gasteiger partial charge in [0.25, 0.3) is 0 Å². The van der Waals surface area contributed by atoms with E-state index < -0.39 is 7.82 Å². The summed E-state index contributed by atoms with van der Waals surface area (Å²) in [5.74, 6) is 0. The molecule has 0 aromatic rings. The van der Waals surface area contributed by atoms with E-state index in [0.29, 0.717) is 0 Å². The van der Waals surface area contributed by atoms with Crippen molar-refractivity contribution in [2.75, 3.05) is 6.54 Å². The molecule has 0 aliphatic carbocycles. The number of hydrogen-bond acceptors (Lipinski definition) is 2. The SMILES string of the molecule is NCC[CH2][K].O=P(O)(O)O. The summed E-state index contributed by atoms with van der Waals surface area (Å²) in [6.07, 6.45) is 1.25. The second-order valence-corrected chi connectivity index (χ2v) is 4.24. The molecule has 0 unspecified atom stereocenters. The van der Waals surface area contributed by atoms with Crippen molar-refractivity contribution < 1.29 is 19.2 Å². The first kappa shape index (κ1) is 14.2. The zero-order valence-electron chi connectivity index (χ0n) is 5.90. The Morgan fingerprint density at radius 2 is 1.70 bits per heavy atom. The molecular formula is C3H11KNO4P. The van der Waals surface area contributed by atoms with Crippen LogP contribution in [0.4, 0.5) is 0 Å². The predicted octanol–water partition coefficient (Wildman–Crippen LogP) is -1.01. The van der Waals surface area contributed by atoms with Gasteiger partial charge < -0.3 is 14.7 Å². The molecule has 5 N–H and O–H groups in total. The monoisotopic (exact) mass is 195 g/mol. The Morgan fingerprint density at radius 3 is 1.70 bits per heavy atom. The number of rotatable bonds is 2. The van der Waals surface area contributed by atoms with Crippen molar-refractivity contribution in [2.45, 2.75) is 6.94 Å². The molecule has 0 spiro atoms. The average molecular weight is 195 g/mol. The molecule has 0 fully saturated rings. The quantitative estimate of drug-likeness (QED) is 0.334. The van der Waals surface area contributed by atoms with Crippen molar-refractivity contribution in [1.82, 2.24) is 0 Å². The van der Waals surface area contributed by atoms with Crippen LogP contribution < -0.4 is 5.73 Å². The van der Waals surface area contributed by atoms with Crippen molar-refractivity contribution in [1.29, 1.82) is 0 Å². The van der Waals surface area contributed by atoms with Gasteiger partial charge in [-0.3, -0.25) is 0 Å². The normalized spacial score (nSPS) is 10.2. The summed E-state index contributed by atoms with van der Waals surface area (Å²) in [7, 11) is -4.64. The van der Waals surface area contributed by atoms with Crippen LogP contribution in [-0.2, 0) is 4.57 Å². The van der Waals surface area contributed by atoms with Gasteiger partial charge in [-0.25, -0.2) is 4.57 Å². The van der Waals surface area contributed by atoms with Crippen LogP contribution in [0.1, 0.15) is 6.42 Å². The number of phosphoric acid groups is 1. The average Bonchev–Trinajstić information content (AvgIpc) is 1.63. The molecule has 0 aliphatic rings. The first-order valence-corrected chi connectivity index (χ1v) is 6.67. The summed E-state index contributed by atoms with van der Waals surface area (Å²) in [4.78, 5) is 21.6. The van der Waals surface area contributed by atoms with E-state index in [1.807, 2.05) is 0 Å². The Morgan fingerprint density at radius 1 is 1.40 bits per heavy atom. The third-order valence-electron chi connectivity index (χ3n) is 0.558. The fraction of sp³-hybridized carbons (Fsp3) is 1.00. The maximum absolute atomic E-state index is 8.88. The van der Waals surface area contributed by atoms with Crippen molar-refractivity contribution in [3.8, 4) is 0 Å². The molecule has 0 saturated carbocycles. The van der Waals surface area contributed by atoms with Crippen LogP contribution in [0, 0.1) is 0 Å². The van der Waals surface area contributed by atoms with Crippen LogP contribution in [0.2, 0.25) is 0.515 Å². The van der Waals surface area contributed by atoms with Gasteiger partial charge in [-0.05, 0) is 0 Å². The second kappa shape index (κ2) is 8.80. The Balaban J connectivity index is 0. The molecular weight excluding hydrogens is 184 g/mol. The molecule has 0 bridgehead atoms. The third-order valence-corrected chi connectivity index (χ3v) is 1.66. The summed E-state index contributed by atoms with van der Waals surface area (Å²) in [5, 5.41) is 0. The molecule has 0 amide bonds. The van der Waals surface area contributed by atoms with Crippen LogP contribution in [0.3, 0.4) is 0 Å². The maximum atomic E-state index is 8.88. The third kappa shape index (κ3) is 53.6. The summed E-state index contributed by atoms with van der Waals surface area (Å²) in [6.45, 7) is 0.891. The minimum atomic E-state index is -4.64. The van der Waals surface area contributed by atoms with Crippen molar-refractivity contribution in [2.24, 2.45) is 5.73 Å². The van der Waals surface area contributed by atoms with E-state index in [1.54, 1.807) is 0 Å². The Labute approximate surface area is 93.8 Å². The molecule has 10 heavy (non-hydrogen) atoms. The molecule has 0 saturated heterocycles. The summed E-state index contributed by atoms with van der Waals surface area (Å²) >= 11 is 1.03. The van der Waals surface area contributed by atoms with E-state index >= 15 is 0 Å². The van der Waals surface area contributed by atoms with Crippen molar-refractivity contribution in [3.05, 3.63) is 0 Å². The Hall–Kier alpha value is 1.71. The largest absolute Gasteiger partial charge is 0.466 e. The molecule has 0 aromatic carbocycles. The molecule has 7 heteroatoms. The predicted molar refractivity (Wildman–Crippen MR) is 38.5 cm³/mol. The number of hydrogen-bond donors (Lipinski definition) is 4. The van der Waals surface area contributed by atoms with Crippen LogP contribution in [0.25, 0.3) is 0 Å². The van der Waals surface area contributed by atoms with E-state index in [9.17, 15) is 0 Å². The zero-order valence-corrected chi connectivity index (χ0v) is 9.91. The molecule has 0 heterocycles. The van der Waals surface area contributed by atoms with Crippen LogP contribution in [0.5, 0.6) is 0 Å². The molecule has 5 nitrogen and oxygen atoms in total. The van der Waals surface area contributed by atoms with Gasteiger partial charge in [-0.1, -0.05) is 0 Å². The van der Waals surface area contributed by atoms with Gasteiger partial charge in [0, 0.05) is 0 Å². The summed E-state index contributed by atoms with van der Waals surface area (Å²) in [5.41, 5.74) is 5.17. The zero-order chi connectivity index (χ0) is 8.62. The van der Waals surface area contributed by atoms with Crippen molar-refractivity contribution in [3.63, 3.8) is 0 Å². The first-order valence-electron chi connectivity index (χ1n) is 2.90. The smallest absolute Gasteiger partial charge is 0.303 e. The Bertz CT molecular complexity index is 94.4. The van der Waals surface area contributed by atoms with Gasteiger partial charge in [0.1, 0.15) is 0 Å². The fourth-order valence-corrected chi connectivity index (χ4v) is 0.842. The molecule has 0 atom stereocenters. The van der Waals surface area contributed by atoms with E-state index in [1.165, 1.54) is 6.94 Å². The van der Waals surface area contributed by atoms with Gasteiger partial charge in [0.2, 0.25) is 0 Å². The van der Waals surface area contributed by atoms with Crippen LogP contribution >= 0.6 is 7.82 Å². The fourth-order valence-electron chi connectivity index (χ4n) is 0.204. The van der Waals surface area contributed by atoms with Gasteiger partial charge in [0.05, 0.1) is 0 Å². The Kier molecular flexibility index (Phi) is 12.5. The van der Waals surface area contributed by atoms with Crippen LogP contribution in [-0.4, -0.2) is 70.2 Å². The topological polar surface area (TPSA) is 104 Å². The molecule has 0 aromatic heterocycles. The van der Waals surface area contributed by atoms with Gasteiger partial charge in [0.15, 0.2) is 0 Å². The van der Waals surface area contributed by atoms with Gasteiger partial charge >= 0.3 is 76.0 Å².